The Morgan fingerprint density at radius 2 is 1.53 bits per heavy atom. The van der Waals surface area contributed by atoms with Gasteiger partial charge in [-0.25, -0.2) is 9.80 Å². The summed E-state index contributed by atoms with van der Waals surface area (Å²) in [6.07, 6.45) is -2.22. The van der Waals surface area contributed by atoms with Gasteiger partial charge in [0.1, 0.15) is 0 Å². The fourth-order valence-corrected chi connectivity index (χ4v) is 5.58. The molecule has 1 heterocycles. The third kappa shape index (κ3) is 12.9. The standard InChI is InChI=1S/C40H54N4O7/c1-39(2,3)31(24-35(47)50-7)37(48)43-44(25-28-17-19-29(20-18-28)32-16-12-13-21-41-32)26-34(46)30(22-27-14-10-9-11-15-27)23-33(45)36(40(4,5)6)42-38(49)51-8/h9-21,30-31,34,36,46H,22-26H2,1-8H3,(H,42,49)(H,43,48)/t30-,31-,34+,36-/m1/s1/i1D3,2D3,4D3. The second kappa shape index (κ2) is 18.6. The van der Waals surface area contributed by atoms with Crippen LogP contribution < -0.4 is 10.7 Å². The van der Waals surface area contributed by atoms with Gasteiger partial charge in [-0.05, 0) is 46.4 Å². The minimum absolute atomic E-state index is 0.0641. The van der Waals surface area contributed by atoms with Crippen molar-refractivity contribution in [1.29, 1.82) is 0 Å². The van der Waals surface area contributed by atoms with E-state index in [9.17, 15) is 24.3 Å². The van der Waals surface area contributed by atoms with Gasteiger partial charge in [-0.2, -0.15) is 0 Å². The van der Waals surface area contributed by atoms with E-state index in [0.29, 0.717) is 16.8 Å². The van der Waals surface area contributed by atoms with Gasteiger partial charge in [-0.1, -0.05) is 102 Å². The summed E-state index contributed by atoms with van der Waals surface area (Å²) < 4.78 is 83.1. The van der Waals surface area contributed by atoms with Crippen LogP contribution in [0.15, 0.2) is 79.0 Å². The van der Waals surface area contributed by atoms with E-state index in [1.807, 2.05) is 12.1 Å². The highest BCUT2D eigenvalue weighted by atomic mass is 16.5. The summed E-state index contributed by atoms with van der Waals surface area (Å²) >= 11 is 0. The Hall–Kier alpha value is -4.61. The normalized spacial score (nSPS) is 17.5. The van der Waals surface area contributed by atoms with Gasteiger partial charge in [0.05, 0.1) is 44.4 Å². The SMILES string of the molecule is [2H]C([2H])([2H])C(C)(C)[C@H](NC(=O)OC)C(=O)C[C@@H](Cc1ccccc1)[C@@H](O)CN(Cc1ccc(-c2ccccn2)cc1)NC(=O)[C@@H](CC(=O)OC)C(C)(C([2H])([2H])[2H])C([2H])([2H])[2H]. The number of esters is 1. The monoisotopic (exact) mass is 711 g/mol. The topological polar surface area (TPSA) is 147 Å². The van der Waals surface area contributed by atoms with Gasteiger partial charge in [0.25, 0.3) is 0 Å². The molecule has 3 rings (SSSR count). The first kappa shape index (κ1) is 29.0. The molecule has 2 aromatic carbocycles. The predicted molar refractivity (Wildman–Crippen MR) is 196 cm³/mol. The van der Waals surface area contributed by atoms with E-state index in [1.54, 1.807) is 66.9 Å². The molecule has 2 amide bonds. The highest BCUT2D eigenvalue weighted by Crippen LogP contribution is 2.30. The Morgan fingerprint density at radius 1 is 0.863 bits per heavy atom. The first-order valence-electron chi connectivity index (χ1n) is 21.0. The molecular formula is C40H54N4O7. The zero-order valence-electron chi connectivity index (χ0n) is 38.6. The minimum atomic E-state index is -3.28. The van der Waals surface area contributed by atoms with Gasteiger partial charge in [-0.3, -0.25) is 24.8 Å². The van der Waals surface area contributed by atoms with Crippen LogP contribution in [0.4, 0.5) is 4.79 Å². The van der Waals surface area contributed by atoms with Crippen molar-refractivity contribution in [3.63, 3.8) is 0 Å². The van der Waals surface area contributed by atoms with Crippen LogP contribution in [0.25, 0.3) is 11.3 Å². The van der Waals surface area contributed by atoms with Crippen LogP contribution in [-0.2, 0) is 36.8 Å². The largest absolute Gasteiger partial charge is 0.469 e. The molecular weight excluding hydrogens is 648 g/mol. The summed E-state index contributed by atoms with van der Waals surface area (Å²) in [5.74, 6) is -5.91. The van der Waals surface area contributed by atoms with E-state index in [2.05, 4.69) is 15.7 Å². The molecule has 0 aliphatic rings. The molecule has 0 aliphatic heterocycles. The maximum absolute atomic E-state index is 14.3. The highest BCUT2D eigenvalue weighted by Gasteiger charge is 2.37. The number of benzene rings is 2. The molecule has 0 saturated carbocycles. The zero-order valence-corrected chi connectivity index (χ0v) is 29.6. The van der Waals surface area contributed by atoms with Crippen molar-refractivity contribution in [3.05, 3.63) is 90.1 Å². The zero-order chi connectivity index (χ0) is 45.3. The highest BCUT2D eigenvalue weighted by molar-refractivity contribution is 5.88. The molecule has 0 aliphatic carbocycles. The average molecular weight is 712 g/mol. The minimum Gasteiger partial charge on any atom is -0.469 e. The van der Waals surface area contributed by atoms with Crippen molar-refractivity contribution in [2.24, 2.45) is 22.7 Å². The molecule has 51 heavy (non-hydrogen) atoms. The van der Waals surface area contributed by atoms with Crippen LogP contribution in [0.3, 0.4) is 0 Å². The second-order valence-corrected chi connectivity index (χ2v) is 13.3. The number of ether oxygens (including phenoxy) is 2. The molecule has 0 radical (unpaired) electrons. The van der Waals surface area contributed by atoms with Crippen molar-refractivity contribution >= 4 is 23.8 Å². The number of hydrazine groups is 1. The van der Waals surface area contributed by atoms with Gasteiger partial charge in [-0.15, -0.1) is 0 Å². The Balaban J connectivity index is 2.12. The van der Waals surface area contributed by atoms with Gasteiger partial charge in [0, 0.05) is 43.6 Å². The molecule has 11 nitrogen and oxygen atoms in total. The number of hydrogen-bond acceptors (Lipinski definition) is 9. The van der Waals surface area contributed by atoms with Crippen LogP contribution in [0.1, 0.15) is 77.6 Å². The van der Waals surface area contributed by atoms with Crippen LogP contribution in [-0.4, -0.2) is 71.8 Å². The molecule has 276 valence electrons. The number of pyridine rings is 1. The third-order valence-electron chi connectivity index (χ3n) is 8.42. The fraction of sp³-hybridized carbons (Fsp3) is 0.475. The Bertz CT molecular complexity index is 1880. The number of ketones is 1. The van der Waals surface area contributed by atoms with Gasteiger partial charge < -0.3 is 19.9 Å². The first-order valence-corrected chi connectivity index (χ1v) is 16.5. The number of nitrogens with zero attached hydrogens (tertiary/aromatic N) is 2. The fourth-order valence-electron chi connectivity index (χ4n) is 5.58. The van der Waals surface area contributed by atoms with Crippen LogP contribution >= 0.6 is 0 Å². The van der Waals surface area contributed by atoms with Crippen molar-refractivity contribution in [2.45, 2.75) is 79.3 Å². The number of rotatable bonds is 16. The number of methoxy groups -OCH3 is 2. The lowest BCUT2D eigenvalue weighted by molar-refractivity contribution is -0.148. The van der Waals surface area contributed by atoms with Crippen molar-refractivity contribution in [2.75, 3.05) is 20.8 Å². The summed E-state index contributed by atoms with van der Waals surface area (Å²) in [4.78, 5) is 57.8. The Labute approximate surface area is 314 Å². The van der Waals surface area contributed by atoms with Crippen molar-refractivity contribution < 1.29 is 46.1 Å². The van der Waals surface area contributed by atoms with E-state index in [0.717, 1.165) is 26.7 Å². The number of nitrogens with one attached hydrogen (secondary N) is 2. The number of aliphatic hydroxyl groups excluding tert-OH is 1. The molecule has 3 aromatic rings. The number of aromatic nitrogens is 1. The molecule has 11 heteroatoms. The maximum atomic E-state index is 14.3. The second-order valence-electron chi connectivity index (χ2n) is 13.3. The lowest BCUT2D eigenvalue weighted by Crippen LogP contribution is -2.52. The molecule has 1 aromatic heterocycles. The summed E-state index contributed by atoms with van der Waals surface area (Å²) in [6, 6.07) is 19.6. The molecule has 0 unspecified atom stereocenters. The molecule has 0 fully saturated rings. The summed E-state index contributed by atoms with van der Waals surface area (Å²) in [5, 5.41) is 15.6. The van der Waals surface area contributed by atoms with E-state index >= 15 is 0 Å². The Kier molecular flexibility index (Phi) is 10.6. The predicted octanol–water partition coefficient (Wildman–Crippen LogP) is 5.76. The van der Waals surface area contributed by atoms with E-state index in [1.165, 1.54) is 18.9 Å². The van der Waals surface area contributed by atoms with Crippen molar-refractivity contribution in [3.8, 4) is 11.3 Å². The number of Topliss-reactive ketones (excluding diaryl/α,β-unsaturated/α-hetero) is 1. The molecule has 3 N–H and O–H groups in total. The molecule has 0 saturated heterocycles. The lowest BCUT2D eigenvalue weighted by atomic mass is 9.78. The number of carbonyl (C=O) groups excluding carboxylic acids is 4. The quantitative estimate of drug-likeness (QED) is 0.125. The number of aliphatic hydroxyl groups is 1. The Morgan fingerprint density at radius 3 is 2.12 bits per heavy atom. The van der Waals surface area contributed by atoms with Gasteiger partial charge in [0.15, 0.2) is 5.78 Å². The van der Waals surface area contributed by atoms with Crippen LogP contribution in [0.5, 0.6) is 0 Å². The first-order chi connectivity index (χ1) is 27.8. The van der Waals surface area contributed by atoms with E-state index in [4.69, 9.17) is 21.8 Å². The molecule has 4 atom stereocenters. The lowest BCUT2D eigenvalue weighted by Gasteiger charge is -2.35. The molecule has 0 spiro atoms. The third-order valence-corrected chi connectivity index (χ3v) is 8.42. The smallest absolute Gasteiger partial charge is 0.407 e. The van der Waals surface area contributed by atoms with Gasteiger partial charge in [0.2, 0.25) is 5.91 Å². The van der Waals surface area contributed by atoms with Crippen LogP contribution in [0.2, 0.25) is 0 Å². The number of hydrogen-bond donors (Lipinski definition) is 3. The van der Waals surface area contributed by atoms with E-state index in [-0.39, 0.29) is 13.0 Å². The van der Waals surface area contributed by atoms with Gasteiger partial charge >= 0.3 is 12.1 Å². The number of amides is 2. The summed E-state index contributed by atoms with van der Waals surface area (Å²) in [6.45, 7) is -6.40. The van der Waals surface area contributed by atoms with Crippen LogP contribution in [0, 0.1) is 22.7 Å². The maximum Gasteiger partial charge on any atom is 0.407 e. The van der Waals surface area contributed by atoms with Crippen molar-refractivity contribution in [1.82, 2.24) is 20.7 Å². The van der Waals surface area contributed by atoms with E-state index < -0.39 is 98.5 Å². The average Bonchev–Trinajstić information content (AvgIpc) is 3.17. The number of alkyl carbamates (subject to hydrolysis) is 1. The summed E-state index contributed by atoms with van der Waals surface area (Å²) in [5.41, 5.74) is 0.716. The number of carbonyl (C=O) groups is 4. The molecule has 0 bridgehead atoms. The summed E-state index contributed by atoms with van der Waals surface area (Å²) in [7, 11) is 2.07.